The third-order valence-electron chi connectivity index (χ3n) is 5.05. The van der Waals surface area contributed by atoms with Crippen molar-refractivity contribution in [3.63, 3.8) is 0 Å². The van der Waals surface area contributed by atoms with Crippen LogP contribution in [0.5, 0.6) is 0 Å². The van der Waals surface area contributed by atoms with Crippen molar-refractivity contribution in [3.8, 4) is 6.07 Å². The van der Waals surface area contributed by atoms with Crippen LogP contribution in [0, 0.1) is 17.2 Å². The molecule has 2 aromatic rings. The molecule has 0 saturated heterocycles. The summed E-state index contributed by atoms with van der Waals surface area (Å²) in [5.74, 6) is 0.720. The number of nitrogens with one attached hydrogen (secondary N) is 1. The van der Waals surface area contributed by atoms with Crippen LogP contribution in [0.4, 0.5) is 5.69 Å². The average Bonchev–Trinajstić information content (AvgIpc) is 2.69. The van der Waals surface area contributed by atoms with E-state index < -0.39 is 0 Å². The van der Waals surface area contributed by atoms with E-state index >= 15 is 0 Å². The zero-order valence-electron chi connectivity index (χ0n) is 14.2. The molecule has 1 aliphatic rings. The monoisotopic (exact) mass is 330 g/mol. The zero-order chi connectivity index (χ0) is 17.6. The minimum absolute atomic E-state index is 0.118. The van der Waals surface area contributed by atoms with E-state index in [2.05, 4.69) is 42.2 Å². The van der Waals surface area contributed by atoms with Crippen LogP contribution in [0.1, 0.15) is 42.7 Å². The minimum atomic E-state index is -0.118. The van der Waals surface area contributed by atoms with Crippen molar-refractivity contribution >= 4 is 11.6 Å². The molecule has 1 N–H and O–H groups in total. The molecule has 0 spiro atoms. The van der Waals surface area contributed by atoms with E-state index in [4.69, 9.17) is 5.26 Å². The molecule has 0 bridgehead atoms. The molecule has 0 aromatic heterocycles. The smallest absolute Gasteiger partial charge is 0.251 e. The fourth-order valence-electron chi connectivity index (χ4n) is 3.53. The molecule has 0 heterocycles. The van der Waals surface area contributed by atoms with Gasteiger partial charge >= 0.3 is 0 Å². The molecule has 0 atom stereocenters. The maximum atomic E-state index is 12.4. The second-order valence-corrected chi connectivity index (χ2v) is 6.63. The van der Waals surface area contributed by atoms with Crippen LogP contribution >= 0.6 is 0 Å². The maximum Gasteiger partial charge on any atom is 0.251 e. The number of carbonyl (C=O) groups excluding carboxylic acids is 1. The molecule has 0 aliphatic heterocycles. The van der Waals surface area contributed by atoms with E-state index in [1.54, 1.807) is 24.3 Å². The quantitative estimate of drug-likeness (QED) is 0.800. The highest BCUT2D eigenvalue weighted by Crippen LogP contribution is 2.38. The summed E-state index contributed by atoms with van der Waals surface area (Å²) in [6.45, 7) is 4.04. The molecule has 25 heavy (non-hydrogen) atoms. The lowest BCUT2D eigenvalue weighted by Gasteiger charge is -2.29. The lowest BCUT2D eigenvalue weighted by molar-refractivity contribution is -0.113. The van der Waals surface area contributed by atoms with Gasteiger partial charge in [-0.15, -0.1) is 0 Å². The second kappa shape index (κ2) is 7.81. The number of rotatable bonds is 4. The van der Waals surface area contributed by atoms with E-state index in [9.17, 15) is 4.79 Å². The van der Waals surface area contributed by atoms with Gasteiger partial charge in [0.15, 0.2) is 0 Å². The number of nitriles is 1. The molecule has 1 saturated carbocycles. The predicted molar refractivity (Wildman–Crippen MR) is 100 cm³/mol. The summed E-state index contributed by atoms with van der Waals surface area (Å²) in [5, 5.41) is 11.7. The van der Waals surface area contributed by atoms with Gasteiger partial charge in [-0.3, -0.25) is 4.79 Å². The zero-order valence-corrected chi connectivity index (χ0v) is 14.2. The van der Waals surface area contributed by atoms with Crippen molar-refractivity contribution in [1.82, 2.24) is 0 Å². The highest BCUT2D eigenvalue weighted by Gasteiger charge is 2.26. The van der Waals surface area contributed by atoms with Crippen molar-refractivity contribution in [2.45, 2.75) is 31.6 Å². The first-order chi connectivity index (χ1) is 12.2. The van der Waals surface area contributed by atoms with Gasteiger partial charge in [-0.1, -0.05) is 36.9 Å². The van der Waals surface area contributed by atoms with Crippen molar-refractivity contribution in [1.29, 1.82) is 5.26 Å². The van der Waals surface area contributed by atoms with Gasteiger partial charge in [0.2, 0.25) is 0 Å². The normalized spacial score (nSPS) is 19.6. The summed E-state index contributed by atoms with van der Waals surface area (Å²) >= 11 is 0. The number of carbonyl (C=O) groups is 1. The summed E-state index contributed by atoms with van der Waals surface area (Å²) in [6, 6.07) is 19.6. The van der Waals surface area contributed by atoms with Gasteiger partial charge < -0.3 is 5.32 Å². The predicted octanol–water partition coefficient (Wildman–Crippen LogP) is 5.03. The third kappa shape index (κ3) is 4.16. The fourth-order valence-corrected chi connectivity index (χ4v) is 3.53. The number of anilines is 1. The van der Waals surface area contributed by atoms with Gasteiger partial charge in [0.25, 0.3) is 5.91 Å². The molecule has 1 aliphatic carbocycles. The largest absolute Gasteiger partial charge is 0.322 e. The van der Waals surface area contributed by atoms with Crippen LogP contribution in [0.25, 0.3) is 0 Å². The summed E-state index contributed by atoms with van der Waals surface area (Å²) in [4.78, 5) is 12.4. The summed E-state index contributed by atoms with van der Waals surface area (Å²) in [5.41, 5.74) is 3.34. The Kier molecular flexibility index (Phi) is 5.30. The lowest BCUT2D eigenvalue weighted by atomic mass is 9.76. The number of hydrogen-bond donors (Lipinski definition) is 1. The molecule has 0 radical (unpaired) electrons. The Morgan fingerprint density at radius 1 is 1.00 bits per heavy atom. The first-order valence-corrected chi connectivity index (χ1v) is 8.72. The molecular formula is C22H22N2O. The molecule has 126 valence electrons. The van der Waals surface area contributed by atoms with Crippen LogP contribution in [-0.4, -0.2) is 5.91 Å². The Balaban J connectivity index is 1.55. The van der Waals surface area contributed by atoms with Crippen LogP contribution in [0.15, 0.2) is 66.7 Å². The van der Waals surface area contributed by atoms with Crippen molar-refractivity contribution in [2.75, 3.05) is 5.32 Å². The Morgan fingerprint density at radius 3 is 2.24 bits per heavy atom. The van der Waals surface area contributed by atoms with Crippen LogP contribution in [-0.2, 0) is 4.79 Å². The molecule has 3 heteroatoms. The van der Waals surface area contributed by atoms with Crippen LogP contribution in [0.3, 0.4) is 0 Å². The van der Waals surface area contributed by atoms with Crippen molar-refractivity contribution < 1.29 is 4.79 Å². The topological polar surface area (TPSA) is 52.9 Å². The summed E-state index contributed by atoms with van der Waals surface area (Å²) in [6.07, 6.45) is 4.19. The first-order valence-electron chi connectivity index (χ1n) is 8.72. The third-order valence-corrected chi connectivity index (χ3v) is 5.05. The number of benzene rings is 2. The number of amides is 1. The molecule has 2 aromatic carbocycles. The number of hydrogen-bond acceptors (Lipinski definition) is 2. The molecule has 3 nitrogen and oxygen atoms in total. The van der Waals surface area contributed by atoms with Gasteiger partial charge in [0.1, 0.15) is 0 Å². The van der Waals surface area contributed by atoms with Crippen molar-refractivity contribution in [2.24, 2.45) is 5.92 Å². The number of nitrogens with zero attached hydrogens (tertiary/aromatic N) is 1. The van der Waals surface area contributed by atoms with Gasteiger partial charge in [0.05, 0.1) is 11.6 Å². The van der Waals surface area contributed by atoms with E-state index in [-0.39, 0.29) is 11.8 Å². The van der Waals surface area contributed by atoms with Gasteiger partial charge in [-0.2, -0.15) is 5.26 Å². The minimum Gasteiger partial charge on any atom is -0.322 e. The maximum absolute atomic E-state index is 12.4. The molecule has 0 unspecified atom stereocenters. The Labute approximate surface area is 149 Å². The van der Waals surface area contributed by atoms with Crippen LogP contribution in [0.2, 0.25) is 0 Å². The average molecular weight is 330 g/mol. The van der Waals surface area contributed by atoms with E-state index in [1.165, 1.54) is 5.56 Å². The Morgan fingerprint density at radius 2 is 1.64 bits per heavy atom. The molecule has 1 amide bonds. The van der Waals surface area contributed by atoms with Gasteiger partial charge in [0, 0.05) is 11.3 Å². The van der Waals surface area contributed by atoms with E-state index in [0.717, 1.165) is 25.7 Å². The van der Waals surface area contributed by atoms with E-state index in [0.29, 0.717) is 22.7 Å². The molecule has 1 fully saturated rings. The highest BCUT2D eigenvalue weighted by molar-refractivity contribution is 6.03. The van der Waals surface area contributed by atoms with Crippen molar-refractivity contribution in [3.05, 3.63) is 77.9 Å². The second-order valence-electron chi connectivity index (χ2n) is 6.63. The van der Waals surface area contributed by atoms with Gasteiger partial charge in [-0.25, -0.2) is 0 Å². The Hall–Kier alpha value is -2.86. The van der Waals surface area contributed by atoms with E-state index in [1.807, 2.05) is 6.07 Å². The first kappa shape index (κ1) is 17.0. The summed E-state index contributed by atoms with van der Waals surface area (Å²) in [7, 11) is 0. The molecular weight excluding hydrogens is 308 g/mol. The SMILES string of the molecule is C=C(C(=O)Nc1ccc(C#N)cc1)C1CCC(c2ccccc2)CC1. The summed E-state index contributed by atoms with van der Waals surface area (Å²) < 4.78 is 0. The fraction of sp³-hybridized carbons (Fsp3) is 0.273. The lowest BCUT2D eigenvalue weighted by Crippen LogP contribution is -2.23. The standard InChI is InChI=1S/C22H22N2O/c1-16(22(25)24-21-13-7-17(15-23)8-14-21)18-9-11-20(12-10-18)19-5-3-2-4-6-19/h2-8,13-14,18,20H,1,9-12H2,(H,24,25). The highest BCUT2D eigenvalue weighted by atomic mass is 16.1. The van der Waals surface area contributed by atoms with Gasteiger partial charge in [-0.05, 0) is 67.3 Å². The molecule has 3 rings (SSSR count). The van der Waals surface area contributed by atoms with Crippen LogP contribution < -0.4 is 5.32 Å². The Bertz CT molecular complexity index is 779.